The second-order valence-electron chi connectivity index (χ2n) is 5.42. The largest absolute Gasteiger partial charge is 0.467 e. The van der Waals surface area contributed by atoms with Crippen LogP contribution in [0.5, 0.6) is 0 Å². The molecule has 0 radical (unpaired) electrons. The van der Waals surface area contributed by atoms with E-state index >= 15 is 0 Å². The maximum atomic E-state index is 12.1. The fourth-order valence-electron chi connectivity index (χ4n) is 3.46. The summed E-state index contributed by atoms with van der Waals surface area (Å²) in [6, 6.07) is 7.09. The van der Waals surface area contributed by atoms with Crippen LogP contribution in [0, 0.1) is 0 Å². The monoisotopic (exact) mass is 285 g/mol. The van der Waals surface area contributed by atoms with Gasteiger partial charge in [0, 0.05) is 29.6 Å². The molecule has 1 aromatic heterocycles. The Morgan fingerprint density at radius 1 is 1.38 bits per heavy atom. The molecule has 1 saturated heterocycles. The summed E-state index contributed by atoms with van der Waals surface area (Å²) in [6.07, 6.45) is 0.482. The molecule has 2 aliphatic heterocycles. The average Bonchev–Trinajstić information content (AvgIpc) is 3.07. The fourth-order valence-corrected chi connectivity index (χ4v) is 3.46. The Kier molecular flexibility index (Phi) is 2.48. The predicted octanol–water partition coefficient (Wildman–Crippen LogP) is 1.33. The van der Waals surface area contributed by atoms with Crippen molar-refractivity contribution in [1.82, 2.24) is 15.2 Å². The van der Waals surface area contributed by atoms with Crippen molar-refractivity contribution >= 4 is 22.9 Å². The Morgan fingerprint density at radius 3 is 3.00 bits per heavy atom. The van der Waals surface area contributed by atoms with Crippen LogP contribution in [0.1, 0.15) is 17.3 Å². The van der Waals surface area contributed by atoms with Crippen molar-refractivity contribution < 1.29 is 14.3 Å². The van der Waals surface area contributed by atoms with Crippen molar-refractivity contribution in [2.75, 3.05) is 13.7 Å². The van der Waals surface area contributed by atoms with Gasteiger partial charge in [0.25, 0.3) is 0 Å². The first-order valence-electron chi connectivity index (χ1n) is 6.94. The Morgan fingerprint density at radius 2 is 2.19 bits per heavy atom. The van der Waals surface area contributed by atoms with Crippen LogP contribution in [-0.4, -0.2) is 41.6 Å². The summed E-state index contributed by atoms with van der Waals surface area (Å²) in [5.74, 6) is -0.368. The van der Waals surface area contributed by atoms with Crippen LogP contribution in [0.15, 0.2) is 24.3 Å². The number of para-hydroxylation sites is 1. The molecule has 2 aromatic rings. The highest BCUT2D eigenvalue weighted by Crippen LogP contribution is 2.39. The zero-order valence-corrected chi connectivity index (χ0v) is 11.6. The first-order chi connectivity index (χ1) is 10.2. The van der Waals surface area contributed by atoms with Crippen LogP contribution in [0.4, 0.5) is 4.79 Å². The molecule has 0 spiro atoms. The van der Waals surface area contributed by atoms with E-state index in [4.69, 9.17) is 4.74 Å². The SMILES string of the molecule is COC(=O)[C@H]1Cc2c([nH]c3ccccc23)C2CNC(=O)N21. The van der Waals surface area contributed by atoms with E-state index in [1.54, 1.807) is 4.90 Å². The molecule has 0 bridgehead atoms. The number of hydrogen-bond acceptors (Lipinski definition) is 3. The van der Waals surface area contributed by atoms with Crippen molar-refractivity contribution in [3.05, 3.63) is 35.5 Å². The number of rotatable bonds is 1. The van der Waals surface area contributed by atoms with Crippen LogP contribution in [0.3, 0.4) is 0 Å². The molecule has 1 aromatic carbocycles. The van der Waals surface area contributed by atoms with Gasteiger partial charge in [0.1, 0.15) is 6.04 Å². The molecule has 2 N–H and O–H groups in total. The van der Waals surface area contributed by atoms with Gasteiger partial charge in [-0.1, -0.05) is 18.2 Å². The average molecular weight is 285 g/mol. The summed E-state index contributed by atoms with van der Waals surface area (Å²) in [5.41, 5.74) is 3.17. The fraction of sp³-hybridized carbons (Fsp3) is 0.333. The van der Waals surface area contributed by atoms with E-state index < -0.39 is 6.04 Å². The summed E-state index contributed by atoms with van der Waals surface area (Å²) in [6.45, 7) is 0.506. The number of carbonyl (C=O) groups excluding carboxylic acids is 2. The minimum absolute atomic E-state index is 0.141. The van der Waals surface area contributed by atoms with Gasteiger partial charge in [0.05, 0.1) is 13.2 Å². The molecular weight excluding hydrogens is 270 g/mol. The Balaban J connectivity index is 1.90. The second kappa shape index (κ2) is 4.25. The number of nitrogens with zero attached hydrogens (tertiary/aromatic N) is 1. The number of methoxy groups -OCH3 is 1. The number of hydrogen-bond donors (Lipinski definition) is 2. The lowest BCUT2D eigenvalue weighted by atomic mass is 9.93. The number of aromatic nitrogens is 1. The number of fused-ring (bicyclic) bond motifs is 5. The van der Waals surface area contributed by atoms with Crippen LogP contribution in [0.25, 0.3) is 10.9 Å². The van der Waals surface area contributed by atoms with E-state index in [1.165, 1.54) is 7.11 Å². The third kappa shape index (κ3) is 1.59. The van der Waals surface area contributed by atoms with E-state index in [0.29, 0.717) is 13.0 Å². The first-order valence-corrected chi connectivity index (χ1v) is 6.94. The van der Waals surface area contributed by atoms with Gasteiger partial charge in [-0.3, -0.25) is 0 Å². The van der Waals surface area contributed by atoms with Gasteiger partial charge < -0.3 is 19.9 Å². The van der Waals surface area contributed by atoms with E-state index in [1.807, 2.05) is 24.3 Å². The Bertz CT molecular complexity index is 752. The quantitative estimate of drug-likeness (QED) is 0.776. The maximum absolute atomic E-state index is 12.1. The van der Waals surface area contributed by atoms with Gasteiger partial charge in [0.15, 0.2) is 0 Å². The Hall–Kier alpha value is -2.50. The molecule has 108 valence electrons. The molecule has 4 rings (SSSR count). The molecule has 2 atom stereocenters. The van der Waals surface area contributed by atoms with Crippen molar-refractivity contribution in [1.29, 1.82) is 0 Å². The van der Waals surface area contributed by atoms with E-state index in [2.05, 4.69) is 10.3 Å². The first kappa shape index (κ1) is 12.3. The number of H-pyrrole nitrogens is 1. The lowest BCUT2D eigenvalue weighted by Crippen LogP contribution is -2.48. The molecular formula is C15H15N3O3. The predicted molar refractivity (Wildman–Crippen MR) is 75.8 cm³/mol. The number of benzene rings is 1. The van der Waals surface area contributed by atoms with E-state index in [-0.39, 0.29) is 18.0 Å². The number of carbonyl (C=O) groups is 2. The lowest BCUT2D eigenvalue weighted by Gasteiger charge is -2.34. The molecule has 6 heteroatoms. The highest BCUT2D eigenvalue weighted by Gasteiger charge is 2.46. The maximum Gasteiger partial charge on any atom is 0.329 e. The smallest absolute Gasteiger partial charge is 0.329 e. The molecule has 3 heterocycles. The number of esters is 1. The minimum atomic E-state index is -0.561. The summed E-state index contributed by atoms with van der Waals surface area (Å²) in [7, 11) is 1.36. The Labute approximate surface area is 121 Å². The van der Waals surface area contributed by atoms with Gasteiger partial charge in [-0.2, -0.15) is 0 Å². The van der Waals surface area contributed by atoms with Crippen molar-refractivity contribution in [3.63, 3.8) is 0 Å². The van der Waals surface area contributed by atoms with Crippen molar-refractivity contribution in [3.8, 4) is 0 Å². The highest BCUT2D eigenvalue weighted by molar-refractivity contribution is 5.91. The summed E-state index contributed by atoms with van der Waals surface area (Å²) < 4.78 is 4.88. The van der Waals surface area contributed by atoms with Crippen LogP contribution >= 0.6 is 0 Å². The normalized spacial score (nSPS) is 23.7. The minimum Gasteiger partial charge on any atom is -0.467 e. The summed E-state index contributed by atoms with van der Waals surface area (Å²) in [5, 5.41) is 3.93. The van der Waals surface area contributed by atoms with Crippen LogP contribution in [0.2, 0.25) is 0 Å². The molecule has 0 saturated carbocycles. The molecule has 1 fully saturated rings. The molecule has 2 aliphatic rings. The molecule has 6 nitrogen and oxygen atoms in total. The van der Waals surface area contributed by atoms with Crippen molar-refractivity contribution in [2.45, 2.75) is 18.5 Å². The summed E-state index contributed by atoms with van der Waals surface area (Å²) in [4.78, 5) is 29.1. The molecule has 1 unspecified atom stereocenters. The van der Waals surface area contributed by atoms with E-state index in [0.717, 1.165) is 22.2 Å². The molecule has 21 heavy (non-hydrogen) atoms. The van der Waals surface area contributed by atoms with Gasteiger partial charge in [0.2, 0.25) is 0 Å². The second-order valence-corrected chi connectivity index (χ2v) is 5.42. The summed E-state index contributed by atoms with van der Waals surface area (Å²) >= 11 is 0. The lowest BCUT2D eigenvalue weighted by molar-refractivity contribution is -0.146. The van der Waals surface area contributed by atoms with Crippen LogP contribution < -0.4 is 5.32 Å². The number of aromatic amines is 1. The zero-order valence-electron chi connectivity index (χ0n) is 11.6. The third-order valence-corrected chi connectivity index (χ3v) is 4.40. The van der Waals surface area contributed by atoms with Crippen molar-refractivity contribution in [2.24, 2.45) is 0 Å². The van der Waals surface area contributed by atoms with Gasteiger partial charge in [-0.25, -0.2) is 9.59 Å². The van der Waals surface area contributed by atoms with Gasteiger partial charge in [-0.05, 0) is 11.6 Å². The number of urea groups is 1. The highest BCUT2D eigenvalue weighted by atomic mass is 16.5. The van der Waals surface area contributed by atoms with Crippen LogP contribution in [-0.2, 0) is 16.0 Å². The number of ether oxygens (including phenoxy) is 1. The third-order valence-electron chi connectivity index (χ3n) is 4.40. The number of nitrogens with one attached hydrogen (secondary N) is 2. The zero-order chi connectivity index (χ0) is 14.6. The van der Waals surface area contributed by atoms with Gasteiger partial charge in [-0.15, -0.1) is 0 Å². The molecule has 0 aliphatic carbocycles. The standard InChI is InChI=1S/C15H15N3O3/c1-21-14(19)11-6-9-8-4-2-3-5-10(8)17-13(9)12-7-16-15(20)18(11)12/h2-5,11-12,17H,6-7H2,1H3,(H,16,20)/t11-,12?/m1/s1. The topological polar surface area (TPSA) is 74.4 Å². The van der Waals surface area contributed by atoms with E-state index in [9.17, 15) is 9.59 Å². The number of amides is 2. The molecule has 2 amide bonds. The van der Waals surface area contributed by atoms with Gasteiger partial charge >= 0.3 is 12.0 Å².